The van der Waals surface area contributed by atoms with Crippen molar-refractivity contribution in [2.24, 2.45) is 0 Å². The van der Waals surface area contributed by atoms with Crippen LogP contribution in [0.2, 0.25) is 0 Å². The molecule has 3 heterocycles. The zero-order valence-corrected chi connectivity index (χ0v) is 12.0. The first-order valence-electron chi connectivity index (χ1n) is 7.55. The van der Waals surface area contributed by atoms with Gasteiger partial charge in [-0.2, -0.15) is 0 Å². The molecule has 1 atom stereocenters. The number of fused-ring (bicyclic) bond motifs is 4. The predicted molar refractivity (Wildman–Crippen MR) is 84.6 cm³/mol. The summed E-state index contributed by atoms with van der Waals surface area (Å²) in [5.41, 5.74) is 3.52. The van der Waals surface area contributed by atoms with Crippen molar-refractivity contribution in [1.82, 2.24) is 15.2 Å². The molecule has 1 saturated heterocycles. The molecule has 2 aromatic carbocycles. The van der Waals surface area contributed by atoms with E-state index in [1.165, 1.54) is 0 Å². The normalized spacial score (nSPS) is 23.1. The average Bonchev–Trinajstić information content (AvgIpc) is 3.24. The van der Waals surface area contributed by atoms with Crippen LogP contribution in [0, 0.1) is 0 Å². The topological polar surface area (TPSA) is 48.1 Å². The number of nitrogens with one attached hydrogen (secondary N) is 2. The van der Waals surface area contributed by atoms with Crippen LogP contribution >= 0.6 is 0 Å². The summed E-state index contributed by atoms with van der Waals surface area (Å²) in [6.45, 7) is 1.53. The molecule has 4 heteroatoms. The number of aromatic nitrogens is 1. The summed E-state index contributed by atoms with van der Waals surface area (Å²) >= 11 is 0. The Hall–Kier alpha value is -2.59. The Morgan fingerprint density at radius 1 is 1.00 bits per heavy atom. The van der Waals surface area contributed by atoms with Crippen molar-refractivity contribution >= 4 is 16.8 Å². The Labute approximate surface area is 127 Å². The maximum atomic E-state index is 12.8. The van der Waals surface area contributed by atoms with Crippen molar-refractivity contribution in [2.75, 3.05) is 13.1 Å². The summed E-state index contributed by atoms with van der Waals surface area (Å²) < 4.78 is 0. The standard InChI is InChI=1S/C18H15N3O/c22-17-13-5-1-2-6-14(13)18(20-10-11-21(17)18)15-7-3-4-12-8-9-19-16(12)15/h1-9,19-20H,10-11H2. The van der Waals surface area contributed by atoms with Crippen molar-refractivity contribution in [3.05, 3.63) is 71.4 Å². The van der Waals surface area contributed by atoms with Gasteiger partial charge >= 0.3 is 0 Å². The van der Waals surface area contributed by atoms with Crippen LogP contribution in [0.25, 0.3) is 10.9 Å². The Morgan fingerprint density at radius 3 is 2.82 bits per heavy atom. The van der Waals surface area contributed by atoms with E-state index in [1.807, 2.05) is 29.3 Å². The number of carbonyl (C=O) groups excluding carboxylic acids is 1. The van der Waals surface area contributed by atoms with E-state index in [9.17, 15) is 4.79 Å². The molecule has 3 aromatic rings. The number of carbonyl (C=O) groups is 1. The van der Waals surface area contributed by atoms with Crippen molar-refractivity contribution in [3.8, 4) is 0 Å². The molecule has 4 nitrogen and oxygen atoms in total. The maximum absolute atomic E-state index is 12.8. The number of amides is 1. The van der Waals surface area contributed by atoms with Gasteiger partial charge in [0.15, 0.2) is 0 Å². The highest BCUT2D eigenvalue weighted by atomic mass is 16.2. The highest BCUT2D eigenvalue weighted by Gasteiger charge is 2.54. The lowest BCUT2D eigenvalue weighted by Gasteiger charge is -2.33. The molecule has 0 aliphatic carbocycles. The van der Waals surface area contributed by atoms with E-state index >= 15 is 0 Å². The Balaban J connectivity index is 1.89. The highest BCUT2D eigenvalue weighted by molar-refractivity contribution is 6.02. The molecule has 5 rings (SSSR count). The van der Waals surface area contributed by atoms with Crippen LogP contribution in [0.1, 0.15) is 21.5 Å². The third kappa shape index (κ3) is 1.24. The molecular weight excluding hydrogens is 274 g/mol. The molecule has 1 aromatic heterocycles. The van der Waals surface area contributed by atoms with Crippen LogP contribution in [0.3, 0.4) is 0 Å². The van der Waals surface area contributed by atoms with Crippen LogP contribution in [0.5, 0.6) is 0 Å². The molecule has 1 unspecified atom stereocenters. The number of H-pyrrole nitrogens is 1. The molecule has 2 N–H and O–H groups in total. The molecule has 108 valence electrons. The summed E-state index contributed by atoms with van der Waals surface area (Å²) in [5, 5.41) is 4.77. The van der Waals surface area contributed by atoms with E-state index in [1.54, 1.807) is 0 Å². The SMILES string of the molecule is O=C1c2ccccc2C2(c3cccc4cc[nH]c34)NCCN12. The minimum Gasteiger partial charge on any atom is -0.361 e. The molecule has 0 radical (unpaired) electrons. The maximum Gasteiger partial charge on any atom is 0.256 e. The predicted octanol–water partition coefficient (Wildman–Crippen LogP) is 2.43. The van der Waals surface area contributed by atoms with Gasteiger partial charge in [-0.15, -0.1) is 0 Å². The molecule has 22 heavy (non-hydrogen) atoms. The lowest BCUT2D eigenvalue weighted by molar-refractivity contribution is 0.0696. The quantitative estimate of drug-likeness (QED) is 0.723. The summed E-state index contributed by atoms with van der Waals surface area (Å²) in [6, 6.07) is 16.3. The molecule has 1 amide bonds. The molecule has 0 spiro atoms. The monoisotopic (exact) mass is 289 g/mol. The van der Waals surface area contributed by atoms with Crippen LogP contribution in [0.15, 0.2) is 54.7 Å². The number of nitrogens with zero attached hydrogens (tertiary/aromatic N) is 1. The second-order valence-corrected chi connectivity index (χ2v) is 5.89. The number of hydrogen-bond acceptors (Lipinski definition) is 2. The number of para-hydroxylation sites is 1. The van der Waals surface area contributed by atoms with Gasteiger partial charge in [0.2, 0.25) is 0 Å². The zero-order chi connectivity index (χ0) is 14.7. The minimum absolute atomic E-state index is 0.115. The van der Waals surface area contributed by atoms with Crippen LogP contribution in [-0.2, 0) is 5.66 Å². The van der Waals surface area contributed by atoms with E-state index < -0.39 is 5.66 Å². The van der Waals surface area contributed by atoms with E-state index in [2.05, 4.69) is 40.6 Å². The number of rotatable bonds is 1. The molecule has 1 fully saturated rings. The molecular formula is C18H15N3O. The van der Waals surface area contributed by atoms with Gasteiger partial charge in [0.1, 0.15) is 5.66 Å². The summed E-state index contributed by atoms with van der Waals surface area (Å²) in [7, 11) is 0. The van der Waals surface area contributed by atoms with Gasteiger partial charge < -0.3 is 9.88 Å². The fourth-order valence-corrected chi connectivity index (χ4v) is 4.01. The first kappa shape index (κ1) is 12.0. The van der Waals surface area contributed by atoms with Gasteiger partial charge in [-0.3, -0.25) is 10.1 Å². The fourth-order valence-electron chi connectivity index (χ4n) is 4.01. The third-order valence-electron chi connectivity index (χ3n) is 4.89. The van der Waals surface area contributed by atoms with Crippen molar-refractivity contribution in [3.63, 3.8) is 0 Å². The van der Waals surface area contributed by atoms with Crippen LogP contribution in [0.4, 0.5) is 0 Å². The Kier molecular flexibility index (Phi) is 2.18. The van der Waals surface area contributed by atoms with E-state index in [-0.39, 0.29) is 5.91 Å². The summed E-state index contributed by atoms with van der Waals surface area (Å²) in [5.74, 6) is 0.115. The summed E-state index contributed by atoms with van der Waals surface area (Å²) in [4.78, 5) is 18.1. The first-order valence-corrected chi connectivity index (χ1v) is 7.55. The Bertz CT molecular complexity index is 913. The third-order valence-corrected chi connectivity index (χ3v) is 4.89. The minimum atomic E-state index is -0.544. The van der Waals surface area contributed by atoms with E-state index in [4.69, 9.17) is 0 Å². The van der Waals surface area contributed by atoms with Crippen LogP contribution in [-0.4, -0.2) is 28.9 Å². The van der Waals surface area contributed by atoms with Gasteiger partial charge in [0.05, 0.1) is 5.52 Å². The largest absolute Gasteiger partial charge is 0.361 e. The molecule has 0 saturated carbocycles. The lowest BCUT2D eigenvalue weighted by Crippen LogP contribution is -2.47. The fraction of sp³-hybridized carbons (Fsp3) is 0.167. The lowest BCUT2D eigenvalue weighted by atomic mass is 9.90. The highest BCUT2D eigenvalue weighted by Crippen LogP contribution is 2.45. The Morgan fingerprint density at radius 2 is 1.86 bits per heavy atom. The smallest absolute Gasteiger partial charge is 0.256 e. The second-order valence-electron chi connectivity index (χ2n) is 5.89. The van der Waals surface area contributed by atoms with Crippen molar-refractivity contribution in [1.29, 1.82) is 0 Å². The van der Waals surface area contributed by atoms with Gasteiger partial charge in [0, 0.05) is 36.0 Å². The molecule has 2 aliphatic heterocycles. The number of benzene rings is 2. The second kappa shape index (κ2) is 3.99. The first-order chi connectivity index (χ1) is 10.8. The van der Waals surface area contributed by atoms with Crippen molar-refractivity contribution < 1.29 is 4.79 Å². The zero-order valence-electron chi connectivity index (χ0n) is 12.0. The van der Waals surface area contributed by atoms with Gasteiger partial charge in [-0.05, 0) is 17.5 Å². The molecule has 2 aliphatic rings. The van der Waals surface area contributed by atoms with Crippen molar-refractivity contribution in [2.45, 2.75) is 5.66 Å². The summed E-state index contributed by atoms with van der Waals surface area (Å²) in [6.07, 6.45) is 1.95. The van der Waals surface area contributed by atoms with Gasteiger partial charge in [0.25, 0.3) is 5.91 Å². The van der Waals surface area contributed by atoms with E-state index in [0.717, 1.165) is 40.7 Å². The van der Waals surface area contributed by atoms with Crippen LogP contribution < -0.4 is 5.32 Å². The van der Waals surface area contributed by atoms with E-state index in [0.29, 0.717) is 0 Å². The van der Waals surface area contributed by atoms with Gasteiger partial charge in [-0.1, -0.05) is 36.4 Å². The van der Waals surface area contributed by atoms with Gasteiger partial charge in [-0.25, -0.2) is 0 Å². The average molecular weight is 289 g/mol. The number of hydrogen-bond donors (Lipinski definition) is 2. The molecule has 0 bridgehead atoms. The number of aromatic amines is 1.